The summed E-state index contributed by atoms with van der Waals surface area (Å²) >= 11 is 4.91. The lowest BCUT2D eigenvalue weighted by molar-refractivity contribution is 0.103. The molecule has 2 aromatic carbocycles. The van der Waals surface area contributed by atoms with Crippen molar-refractivity contribution in [2.75, 3.05) is 12.4 Å². The molecule has 1 heterocycles. The van der Waals surface area contributed by atoms with E-state index in [0.29, 0.717) is 16.3 Å². The monoisotopic (exact) mass is 361 g/mol. The molecule has 1 aromatic heterocycles. The van der Waals surface area contributed by atoms with Crippen molar-refractivity contribution >= 4 is 48.9 Å². The lowest BCUT2D eigenvalue weighted by Crippen LogP contribution is -2.10. The number of anilines is 1. The minimum atomic E-state index is -0.120. The Morgan fingerprint density at radius 2 is 2.00 bits per heavy atom. The van der Waals surface area contributed by atoms with Gasteiger partial charge in [0.15, 0.2) is 0 Å². The van der Waals surface area contributed by atoms with Crippen molar-refractivity contribution in [3.05, 3.63) is 57.9 Å². The summed E-state index contributed by atoms with van der Waals surface area (Å²) in [5, 5.41) is 3.99. The predicted molar refractivity (Wildman–Crippen MR) is 90.5 cm³/mol. The van der Waals surface area contributed by atoms with Crippen LogP contribution in [0.25, 0.3) is 10.1 Å². The molecule has 21 heavy (non-hydrogen) atoms. The second-order valence-electron chi connectivity index (χ2n) is 4.45. The van der Waals surface area contributed by atoms with Gasteiger partial charge in [0.25, 0.3) is 5.91 Å². The lowest BCUT2D eigenvalue weighted by atomic mass is 10.2. The summed E-state index contributed by atoms with van der Waals surface area (Å²) in [6.45, 7) is 0. The highest BCUT2D eigenvalue weighted by Crippen LogP contribution is 2.29. The van der Waals surface area contributed by atoms with Crippen molar-refractivity contribution in [2.45, 2.75) is 0 Å². The van der Waals surface area contributed by atoms with Crippen molar-refractivity contribution in [2.24, 2.45) is 0 Å². The molecule has 5 heteroatoms. The van der Waals surface area contributed by atoms with Crippen LogP contribution >= 0.6 is 27.3 Å². The third-order valence-corrected chi connectivity index (χ3v) is 4.88. The van der Waals surface area contributed by atoms with Crippen molar-refractivity contribution < 1.29 is 9.53 Å². The van der Waals surface area contributed by atoms with Gasteiger partial charge >= 0.3 is 0 Å². The van der Waals surface area contributed by atoms with Gasteiger partial charge in [-0.1, -0.05) is 18.2 Å². The first-order valence-electron chi connectivity index (χ1n) is 6.31. The zero-order valence-corrected chi connectivity index (χ0v) is 13.6. The van der Waals surface area contributed by atoms with E-state index < -0.39 is 0 Å². The number of benzene rings is 2. The molecule has 0 saturated carbocycles. The molecular weight excluding hydrogens is 350 g/mol. The standard InChI is InChI=1S/C16H12BrNO2S/c1-20-11-6-7-12(17)13(9-11)18-16(19)15-8-10-4-2-3-5-14(10)21-15/h2-9H,1H3,(H,18,19). The fourth-order valence-electron chi connectivity index (χ4n) is 2.00. The van der Waals surface area contributed by atoms with E-state index in [9.17, 15) is 4.79 Å². The summed E-state index contributed by atoms with van der Waals surface area (Å²) in [6, 6.07) is 15.3. The van der Waals surface area contributed by atoms with Crippen LogP contribution in [0.3, 0.4) is 0 Å². The smallest absolute Gasteiger partial charge is 0.265 e. The first-order valence-corrected chi connectivity index (χ1v) is 7.92. The normalized spacial score (nSPS) is 10.6. The highest BCUT2D eigenvalue weighted by molar-refractivity contribution is 9.10. The van der Waals surface area contributed by atoms with Crippen LogP contribution in [0.15, 0.2) is 53.0 Å². The average Bonchev–Trinajstić information content (AvgIpc) is 2.93. The topological polar surface area (TPSA) is 38.3 Å². The molecule has 0 unspecified atom stereocenters. The van der Waals surface area contributed by atoms with E-state index in [2.05, 4.69) is 21.2 Å². The minimum absolute atomic E-state index is 0.120. The first-order chi connectivity index (χ1) is 10.2. The quantitative estimate of drug-likeness (QED) is 0.718. The van der Waals surface area contributed by atoms with Crippen LogP contribution in [0.1, 0.15) is 9.67 Å². The summed E-state index contributed by atoms with van der Waals surface area (Å²) in [6.07, 6.45) is 0. The molecule has 0 aliphatic carbocycles. The van der Waals surface area contributed by atoms with E-state index in [1.54, 1.807) is 13.2 Å². The predicted octanol–water partition coefficient (Wildman–Crippen LogP) is 4.92. The highest BCUT2D eigenvalue weighted by Gasteiger charge is 2.12. The Kier molecular flexibility index (Phi) is 3.94. The number of rotatable bonds is 3. The molecule has 0 bridgehead atoms. The van der Waals surface area contributed by atoms with Gasteiger partial charge in [-0.3, -0.25) is 4.79 Å². The Morgan fingerprint density at radius 1 is 1.19 bits per heavy atom. The summed E-state index contributed by atoms with van der Waals surface area (Å²) in [5.41, 5.74) is 0.691. The minimum Gasteiger partial charge on any atom is -0.497 e. The van der Waals surface area contributed by atoms with Crippen LogP contribution in [0.2, 0.25) is 0 Å². The maximum absolute atomic E-state index is 12.4. The third-order valence-electron chi connectivity index (χ3n) is 3.07. The summed E-state index contributed by atoms with van der Waals surface area (Å²) in [7, 11) is 1.60. The van der Waals surface area contributed by atoms with Crippen LogP contribution < -0.4 is 10.1 Å². The van der Waals surface area contributed by atoms with Gasteiger partial charge in [-0.05, 0) is 45.6 Å². The van der Waals surface area contributed by atoms with Gasteiger partial charge in [0, 0.05) is 15.2 Å². The highest BCUT2D eigenvalue weighted by atomic mass is 79.9. The zero-order valence-electron chi connectivity index (χ0n) is 11.2. The number of nitrogens with one attached hydrogen (secondary N) is 1. The second kappa shape index (κ2) is 5.87. The number of carbonyl (C=O) groups excluding carboxylic acids is 1. The van der Waals surface area contributed by atoms with Gasteiger partial charge in [0.05, 0.1) is 17.7 Å². The number of hydrogen-bond donors (Lipinski definition) is 1. The zero-order chi connectivity index (χ0) is 14.8. The Labute approximate surface area is 134 Å². The maximum atomic E-state index is 12.4. The molecule has 3 nitrogen and oxygen atoms in total. The van der Waals surface area contributed by atoms with Gasteiger partial charge in [-0.2, -0.15) is 0 Å². The molecule has 0 fully saturated rings. The Balaban J connectivity index is 1.89. The molecule has 0 radical (unpaired) electrons. The van der Waals surface area contributed by atoms with E-state index in [-0.39, 0.29) is 5.91 Å². The van der Waals surface area contributed by atoms with E-state index in [1.165, 1.54) is 11.3 Å². The molecule has 3 rings (SSSR count). The molecule has 0 spiro atoms. The third kappa shape index (κ3) is 2.94. The first kappa shape index (κ1) is 14.1. The number of hydrogen-bond acceptors (Lipinski definition) is 3. The summed E-state index contributed by atoms with van der Waals surface area (Å²) < 4.78 is 7.10. The van der Waals surface area contributed by atoms with E-state index in [4.69, 9.17) is 4.74 Å². The fraction of sp³-hybridized carbons (Fsp3) is 0.0625. The molecule has 0 atom stereocenters. The van der Waals surface area contributed by atoms with Crippen LogP contribution in [-0.4, -0.2) is 13.0 Å². The number of thiophene rings is 1. The summed E-state index contributed by atoms with van der Waals surface area (Å²) in [5.74, 6) is 0.579. The van der Waals surface area contributed by atoms with Gasteiger partial charge in [-0.25, -0.2) is 0 Å². The van der Waals surface area contributed by atoms with Crippen LogP contribution in [-0.2, 0) is 0 Å². The molecule has 1 N–H and O–H groups in total. The van der Waals surface area contributed by atoms with Crippen LogP contribution in [0, 0.1) is 0 Å². The number of fused-ring (bicyclic) bond motifs is 1. The largest absolute Gasteiger partial charge is 0.497 e. The van der Waals surface area contributed by atoms with Gasteiger partial charge in [0.2, 0.25) is 0 Å². The van der Waals surface area contributed by atoms with E-state index in [0.717, 1.165) is 14.6 Å². The molecule has 3 aromatic rings. The average molecular weight is 362 g/mol. The Morgan fingerprint density at radius 3 is 2.76 bits per heavy atom. The van der Waals surface area contributed by atoms with Crippen LogP contribution in [0.4, 0.5) is 5.69 Å². The lowest BCUT2D eigenvalue weighted by Gasteiger charge is -2.08. The number of ether oxygens (including phenoxy) is 1. The number of halogens is 1. The SMILES string of the molecule is COc1ccc(Br)c(NC(=O)c2cc3ccccc3s2)c1. The molecule has 106 valence electrons. The van der Waals surface area contributed by atoms with Crippen molar-refractivity contribution in [3.8, 4) is 5.75 Å². The van der Waals surface area contributed by atoms with Gasteiger partial charge in [-0.15, -0.1) is 11.3 Å². The Hall–Kier alpha value is -1.85. The number of amides is 1. The Bertz CT molecular complexity index is 780. The maximum Gasteiger partial charge on any atom is 0.265 e. The van der Waals surface area contributed by atoms with E-state index >= 15 is 0 Å². The van der Waals surface area contributed by atoms with Gasteiger partial charge in [0.1, 0.15) is 5.75 Å². The molecule has 0 saturated heterocycles. The van der Waals surface area contributed by atoms with Crippen molar-refractivity contribution in [1.82, 2.24) is 0 Å². The second-order valence-corrected chi connectivity index (χ2v) is 6.39. The van der Waals surface area contributed by atoms with Gasteiger partial charge < -0.3 is 10.1 Å². The molecule has 1 amide bonds. The van der Waals surface area contributed by atoms with Crippen molar-refractivity contribution in [1.29, 1.82) is 0 Å². The van der Waals surface area contributed by atoms with Crippen LogP contribution in [0.5, 0.6) is 5.75 Å². The molecule has 0 aliphatic rings. The summed E-state index contributed by atoms with van der Waals surface area (Å²) in [4.78, 5) is 13.1. The van der Waals surface area contributed by atoms with E-state index in [1.807, 2.05) is 42.5 Å². The molecular formula is C16H12BrNO2S. The number of carbonyl (C=O) groups is 1. The fourth-order valence-corrected chi connectivity index (χ4v) is 3.31. The number of methoxy groups -OCH3 is 1. The molecule has 0 aliphatic heterocycles. The van der Waals surface area contributed by atoms with Crippen molar-refractivity contribution in [3.63, 3.8) is 0 Å².